The van der Waals surface area contributed by atoms with Crippen molar-refractivity contribution in [3.05, 3.63) is 65.2 Å². The van der Waals surface area contributed by atoms with Gasteiger partial charge in [0.15, 0.2) is 0 Å². The van der Waals surface area contributed by atoms with E-state index in [-0.39, 0.29) is 18.7 Å². The third kappa shape index (κ3) is 7.80. The molecule has 1 heterocycles. The van der Waals surface area contributed by atoms with Crippen LogP contribution in [0.25, 0.3) is 0 Å². The molecule has 33 heavy (non-hydrogen) atoms. The van der Waals surface area contributed by atoms with Crippen molar-refractivity contribution in [1.29, 1.82) is 0 Å². The summed E-state index contributed by atoms with van der Waals surface area (Å²) in [5.41, 5.74) is 0.519. The molecular weight excluding hydrogens is 432 g/mol. The molecule has 178 valence electrons. The summed E-state index contributed by atoms with van der Waals surface area (Å²) in [6.07, 6.45) is 2.07. The lowest BCUT2D eigenvalue weighted by Crippen LogP contribution is -2.38. The molecule has 0 aliphatic carbocycles. The molecule has 0 atom stereocenters. The second-order valence-electron chi connectivity index (χ2n) is 7.90. The predicted molar refractivity (Wildman–Crippen MR) is 119 cm³/mol. The number of hydrogen-bond donors (Lipinski definition) is 2. The van der Waals surface area contributed by atoms with Crippen LogP contribution < -0.4 is 15.4 Å². The summed E-state index contributed by atoms with van der Waals surface area (Å²) in [7, 11) is 2.09. The van der Waals surface area contributed by atoms with Gasteiger partial charge in [-0.05, 0) is 49.7 Å². The van der Waals surface area contributed by atoms with Crippen molar-refractivity contribution in [2.75, 3.05) is 40.0 Å². The van der Waals surface area contributed by atoms with Crippen molar-refractivity contribution in [3.63, 3.8) is 0 Å². The smallest absolute Gasteiger partial charge is 0.254 e. The van der Waals surface area contributed by atoms with E-state index in [0.717, 1.165) is 50.3 Å². The Kier molecular flexibility index (Phi) is 9.14. The third-order valence-corrected chi connectivity index (χ3v) is 5.50. The second kappa shape index (κ2) is 12.3. The Morgan fingerprint density at radius 1 is 1.12 bits per heavy atom. The van der Waals surface area contributed by atoms with Gasteiger partial charge in [0.2, 0.25) is 5.91 Å². The molecule has 1 saturated heterocycles. The molecule has 3 rings (SSSR count). The largest absolute Gasteiger partial charge is 0.492 e. The molecule has 2 aromatic carbocycles. The van der Waals surface area contributed by atoms with Gasteiger partial charge >= 0.3 is 0 Å². The normalized spacial score (nSPS) is 14.2. The van der Waals surface area contributed by atoms with Gasteiger partial charge in [-0.1, -0.05) is 12.1 Å². The van der Waals surface area contributed by atoms with E-state index in [1.165, 1.54) is 0 Å². The Labute approximate surface area is 192 Å². The quantitative estimate of drug-likeness (QED) is 0.569. The second-order valence-corrected chi connectivity index (χ2v) is 7.90. The van der Waals surface area contributed by atoms with Crippen LogP contribution in [-0.2, 0) is 16.1 Å². The predicted octanol–water partition coefficient (Wildman–Crippen LogP) is 2.50. The average molecular weight is 462 g/mol. The molecule has 0 spiro atoms. The van der Waals surface area contributed by atoms with E-state index in [9.17, 15) is 18.4 Å². The number of nitrogens with zero attached hydrogens (tertiary/aromatic N) is 1. The molecule has 0 radical (unpaired) electrons. The summed E-state index contributed by atoms with van der Waals surface area (Å²) in [5.74, 6) is -2.27. The molecule has 2 amide bonds. The zero-order chi connectivity index (χ0) is 23.6. The molecule has 1 aliphatic heterocycles. The first-order valence-corrected chi connectivity index (χ1v) is 10.9. The zero-order valence-electron chi connectivity index (χ0n) is 18.6. The highest BCUT2D eigenvalue weighted by Crippen LogP contribution is 2.15. The number of carbonyl (C=O) groups is 2. The highest BCUT2D eigenvalue weighted by molar-refractivity contribution is 5.96. The Morgan fingerprint density at radius 3 is 2.67 bits per heavy atom. The first-order chi connectivity index (χ1) is 15.9. The van der Waals surface area contributed by atoms with Crippen LogP contribution in [0.15, 0.2) is 42.5 Å². The molecular formula is C24H29F2N3O4. The van der Waals surface area contributed by atoms with Crippen molar-refractivity contribution in [2.45, 2.75) is 25.4 Å². The lowest BCUT2D eigenvalue weighted by Gasteiger charge is -2.31. The van der Waals surface area contributed by atoms with Crippen LogP contribution in [0.4, 0.5) is 8.78 Å². The summed E-state index contributed by atoms with van der Waals surface area (Å²) in [6, 6.07) is 10.6. The van der Waals surface area contributed by atoms with Crippen LogP contribution in [0, 0.1) is 11.6 Å². The van der Waals surface area contributed by atoms with E-state index >= 15 is 0 Å². The number of likely N-dealkylation sites (N-methyl/N-ethyl adjacent to an activating group) is 1. The fraction of sp³-hybridized carbons (Fsp3) is 0.417. The Morgan fingerprint density at radius 2 is 1.91 bits per heavy atom. The van der Waals surface area contributed by atoms with E-state index < -0.39 is 23.4 Å². The van der Waals surface area contributed by atoms with Crippen LogP contribution in [0.5, 0.6) is 5.75 Å². The highest BCUT2D eigenvalue weighted by Gasteiger charge is 2.18. The number of ether oxygens (including phenoxy) is 2. The molecule has 0 aromatic heterocycles. The molecule has 1 aliphatic rings. The van der Waals surface area contributed by atoms with Crippen LogP contribution in [-0.4, -0.2) is 62.7 Å². The number of carbonyl (C=O) groups excluding carboxylic acids is 2. The van der Waals surface area contributed by atoms with Gasteiger partial charge < -0.3 is 20.1 Å². The maximum Gasteiger partial charge on any atom is 0.254 e. The van der Waals surface area contributed by atoms with Crippen molar-refractivity contribution < 1.29 is 27.8 Å². The topological polar surface area (TPSA) is 79.9 Å². The zero-order valence-corrected chi connectivity index (χ0v) is 18.6. The van der Waals surface area contributed by atoms with Crippen molar-refractivity contribution >= 4 is 11.8 Å². The van der Waals surface area contributed by atoms with Crippen molar-refractivity contribution in [3.8, 4) is 5.75 Å². The minimum absolute atomic E-state index is 0.249. The van der Waals surface area contributed by atoms with E-state index in [2.05, 4.69) is 22.6 Å². The van der Waals surface area contributed by atoms with E-state index in [1.54, 1.807) is 0 Å². The summed E-state index contributed by atoms with van der Waals surface area (Å²) in [6.45, 7) is 2.88. The maximum absolute atomic E-state index is 13.6. The van der Waals surface area contributed by atoms with Crippen LogP contribution >= 0.6 is 0 Å². The van der Waals surface area contributed by atoms with Gasteiger partial charge in [0.05, 0.1) is 12.1 Å². The summed E-state index contributed by atoms with van der Waals surface area (Å²) in [5, 5.41) is 5.01. The monoisotopic (exact) mass is 461 g/mol. The summed E-state index contributed by atoms with van der Waals surface area (Å²) in [4.78, 5) is 26.3. The van der Waals surface area contributed by atoms with Crippen LogP contribution in [0.3, 0.4) is 0 Å². The molecule has 0 bridgehead atoms. The molecule has 0 unspecified atom stereocenters. The van der Waals surface area contributed by atoms with Crippen LogP contribution in [0.1, 0.15) is 28.8 Å². The van der Waals surface area contributed by atoms with Gasteiger partial charge in [0, 0.05) is 38.4 Å². The molecule has 2 N–H and O–H groups in total. The van der Waals surface area contributed by atoms with Gasteiger partial charge in [0.25, 0.3) is 5.91 Å². The van der Waals surface area contributed by atoms with Crippen molar-refractivity contribution in [1.82, 2.24) is 15.5 Å². The Bertz CT molecular complexity index is 951. The van der Waals surface area contributed by atoms with Crippen molar-refractivity contribution in [2.24, 2.45) is 0 Å². The van der Waals surface area contributed by atoms with E-state index in [4.69, 9.17) is 9.47 Å². The highest BCUT2D eigenvalue weighted by atomic mass is 19.1. The van der Waals surface area contributed by atoms with Gasteiger partial charge in [-0.3, -0.25) is 14.5 Å². The SMILES string of the molecule is CN(CCOc1cccc(CNC(=O)CNC(=O)c2ccc(F)cc2F)c1)C1CCOCC1. The van der Waals surface area contributed by atoms with Gasteiger partial charge in [-0.25, -0.2) is 8.78 Å². The number of benzene rings is 2. The van der Waals surface area contributed by atoms with E-state index in [1.807, 2.05) is 24.3 Å². The fourth-order valence-corrected chi connectivity index (χ4v) is 3.55. The number of rotatable bonds is 10. The summed E-state index contributed by atoms with van der Waals surface area (Å²) < 4.78 is 37.8. The molecule has 2 aromatic rings. The van der Waals surface area contributed by atoms with Gasteiger partial charge in [-0.15, -0.1) is 0 Å². The Balaban J connectivity index is 1.38. The molecule has 1 fully saturated rings. The fourth-order valence-electron chi connectivity index (χ4n) is 3.55. The molecule has 9 heteroatoms. The molecule has 7 nitrogen and oxygen atoms in total. The first kappa shape index (κ1) is 24.6. The van der Waals surface area contributed by atoms with E-state index in [0.29, 0.717) is 24.5 Å². The van der Waals surface area contributed by atoms with Gasteiger partial charge in [0.1, 0.15) is 24.0 Å². The van der Waals surface area contributed by atoms with Gasteiger partial charge in [-0.2, -0.15) is 0 Å². The lowest BCUT2D eigenvalue weighted by molar-refractivity contribution is -0.120. The lowest BCUT2D eigenvalue weighted by atomic mass is 10.1. The number of halogens is 2. The number of amides is 2. The number of nitrogens with one attached hydrogen (secondary N) is 2. The maximum atomic E-state index is 13.6. The Hall–Kier alpha value is -3.04. The first-order valence-electron chi connectivity index (χ1n) is 10.9. The standard InChI is InChI=1S/C24H29F2N3O4/c1-29(19-7-10-32-11-8-19)9-12-33-20-4-2-3-17(13-20)15-27-23(30)16-28-24(31)21-6-5-18(25)14-22(21)26/h2-6,13-14,19H,7-12,15-16H2,1H3,(H,27,30)(H,28,31). The third-order valence-electron chi connectivity index (χ3n) is 5.50. The summed E-state index contributed by atoms with van der Waals surface area (Å²) >= 11 is 0. The minimum Gasteiger partial charge on any atom is -0.492 e. The minimum atomic E-state index is -0.983. The van der Waals surface area contributed by atoms with Crippen LogP contribution in [0.2, 0.25) is 0 Å². The molecule has 0 saturated carbocycles. The average Bonchev–Trinajstić information content (AvgIpc) is 2.82. The number of hydrogen-bond acceptors (Lipinski definition) is 5.